The van der Waals surface area contributed by atoms with Crippen molar-refractivity contribution in [3.05, 3.63) is 24.0 Å². The van der Waals surface area contributed by atoms with Crippen molar-refractivity contribution >= 4 is 5.91 Å². The molecular formula is C13H18N2O2. The zero-order valence-corrected chi connectivity index (χ0v) is 10.1. The highest BCUT2D eigenvalue weighted by Crippen LogP contribution is 2.29. The smallest absolute Gasteiger partial charge is 0.276 e. The van der Waals surface area contributed by atoms with E-state index in [1.165, 1.54) is 12.3 Å². The van der Waals surface area contributed by atoms with E-state index in [2.05, 4.69) is 11.9 Å². The molecule has 0 aromatic carbocycles. The van der Waals surface area contributed by atoms with Gasteiger partial charge in [-0.15, -0.1) is 0 Å². The Morgan fingerprint density at radius 1 is 1.59 bits per heavy atom. The first-order chi connectivity index (χ1) is 8.24. The van der Waals surface area contributed by atoms with Crippen molar-refractivity contribution in [3.8, 4) is 5.75 Å². The molecule has 1 N–H and O–H groups in total. The Bertz CT molecular complexity index is 402. The van der Waals surface area contributed by atoms with Gasteiger partial charge in [0.15, 0.2) is 5.69 Å². The number of amides is 1. The summed E-state index contributed by atoms with van der Waals surface area (Å²) >= 11 is 0. The molecule has 1 aliphatic carbocycles. The van der Waals surface area contributed by atoms with Crippen LogP contribution in [0.1, 0.15) is 43.1 Å². The second kappa shape index (κ2) is 5.17. The minimum atomic E-state index is -0.140. The molecule has 4 heteroatoms. The van der Waals surface area contributed by atoms with Crippen LogP contribution < -0.4 is 0 Å². The fourth-order valence-corrected chi connectivity index (χ4v) is 1.86. The summed E-state index contributed by atoms with van der Waals surface area (Å²) in [4.78, 5) is 18.1. The molecule has 1 heterocycles. The highest BCUT2D eigenvalue weighted by Gasteiger charge is 2.33. The van der Waals surface area contributed by atoms with Gasteiger partial charge >= 0.3 is 0 Å². The molecule has 1 fully saturated rings. The zero-order valence-electron chi connectivity index (χ0n) is 10.1. The molecular weight excluding hydrogens is 216 g/mol. The third kappa shape index (κ3) is 2.75. The molecule has 0 bridgehead atoms. The van der Waals surface area contributed by atoms with E-state index in [0.29, 0.717) is 6.04 Å². The summed E-state index contributed by atoms with van der Waals surface area (Å²) in [5, 5.41) is 9.65. The van der Waals surface area contributed by atoms with Crippen LogP contribution in [0.5, 0.6) is 5.75 Å². The topological polar surface area (TPSA) is 53.4 Å². The summed E-state index contributed by atoms with van der Waals surface area (Å²) in [5.74, 6) is -0.168. The predicted molar refractivity (Wildman–Crippen MR) is 64.9 cm³/mol. The van der Waals surface area contributed by atoms with Gasteiger partial charge in [-0.3, -0.25) is 4.79 Å². The summed E-state index contributed by atoms with van der Waals surface area (Å²) < 4.78 is 0. The van der Waals surface area contributed by atoms with E-state index < -0.39 is 0 Å². The quantitative estimate of drug-likeness (QED) is 0.849. The number of carbonyl (C=O) groups is 1. The summed E-state index contributed by atoms with van der Waals surface area (Å²) in [6, 6.07) is 3.49. The first kappa shape index (κ1) is 11.9. The number of rotatable bonds is 5. The molecule has 0 unspecified atom stereocenters. The lowest BCUT2D eigenvalue weighted by molar-refractivity contribution is 0.0731. The molecule has 1 saturated carbocycles. The largest absolute Gasteiger partial charge is 0.505 e. The van der Waals surface area contributed by atoms with E-state index in [1.54, 1.807) is 6.07 Å². The van der Waals surface area contributed by atoms with E-state index >= 15 is 0 Å². The van der Waals surface area contributed by atoms with Crippen LogP contribution in [-0.2, 0) is 0 Å². The average molecular weight is 234 g/mol. The standard InChI is InChI=1S/C13H18N2O2/c1-2-3-9-15(10-6-7-10)13(17)12-11(16)5-4-8-14-12/h4-5,8,10,16H,2-3,6-7,9H2,1H3. The number of unbranched alkanes of at least 4 members (excludes halogenated alkanes) is 1. The SMILES string of the molecule is CCCCN(C(=O)c1ncccc1O)C1CC1. The number of hydrogen-bond acceptors (Lipinski definition) is 3. The lowest BCUT2D eigenvalue weighted by Crippen LogP contribution is -2.34. The molecule has 4 nitrogen and oxygen atoms in total. The molecule has 0 radical (unpaired) electrons. The van der Waals surface area contributed by atoms with Gasteiger partial charge in [0.25, 0.3) is 5.91 Å². The molecule has 1 amide bonds. The fraction of sp³-hybridized carbons (Fsp3) is 0.538. The van der Waals surface area contributed by atoms with Crippen molar-refractivity contribution in [1.82, 2.24) is 9.88 Å². The van der Waals surface area contributed by atoms with E-state index in [9.17, 15) is 9.90 Å². The maximum absolute atomic E-state index is 12.3. The van der Waals surface area contributed by atoms with Crippen LogP contribution in [-0.4, -0.2) is 33.5 Å². The van der Waals surface area contributed by atoms with Crippen LogP contribution in [0.4, 0.5) is 0 Å². The van der Waals surface area contributed by atoms with Crippen molar-refractivity contribution < 1.29 is 9.90 Å². The van der Waals surface area contributed by atoms with E-state index in [-0.39, 0.29) is 17.4 Å². The van der Waals surface area contributed by atoms with Crippen LogP contribution in [0.3, 0.4) is 0 Å². The lowest BCUT2D eigenvalue weighted by Gasteiger charge is -2.21. The van der Waals surface area contributed by atoms with Gasteiger partial charge in [0.1, 0.15) is 5.75 Å². The maximum atomic E-state index is 12.3. The molecule has 0 aliphatic heterocycles. The first-order valence-electron chi connectivity index (χ1n) is 6.19. The van der Waals surface area contributed by atoms with Crippen molar-refractivity contribution in [2.75, 3.05) is 6.54 Å². The second-order valence-corrected chi connectivity index (χ2v) is 4.45. The molecule has 0 atom stereocenters. The molecule has 0 saturated heterocycles. The van der Waals surface area contributed by atoms with Gasteiger partial charge in [-0.25, -0.2) is 4.98 Å². The summed E-state index contributed by atoms with van der Waals surface area (Å²) in [6.07, 6.45) is 5.74. The first-order valence-corrected chi connectivity index (χ1v) is 6.19. The maximum Gasteiger partial charge on any atom is 0.276 e. The van der Waals surface area contributed by atoms with Gasteiger partial charge in [-0.1, -0.05) is 13.3 Å². The van der Waals surface area contributed by atoms with E-state index in [4.69, 9.17) is 0 Å². The van der Waals surface area contributed by atoms with Gasteiger partial charge in [0, 0.05) is 18.8 Å². The van der Waals surface area contributed by atoms with Crippen molar-refractivity contribution in [1.29, 1.82) is 0 Å². The van der Waals surface area contributed by atoms with Crippen molar-refractivity contribution in [2.24, 2.45) is 0 Å². The molecule has 0 spiro atoms. The minimum Gasteiger partial charge on any atom is -0.505 e. The molecule has 1 aromatic heterocycles. The molecule has 17 heavy (non-hydrogen) atoms. The van der Waals surface area contributed by atoms with Crippen LogP contribution in [0, 0.1) is 0 Å². The van der Waals surface area contributed by atoms with Crippen molar-refractivity contribution in [3.63, 3.8) is 0 Å². The third-order valence-electron chi connectivity index (χ3n) is 2.99. The van der Waals surface area contributed by atoms with Gasteiger partial charge in [0.2, 0.25) is 0 Å². The number of nitrogens with zero attached hydrogens (tertiary/aromatic N) is 2. The lowest BCUT2D eigenvalue weighted by atomic mass is 10.2. The summed E-state index contributed by atoms with van der Waals surface area (Å²) in [6.45, 7) is 2.86. The van der Waals surface area contributed by atoms with Crippen LogP contribution >= 0.6 is 0 Å². The molecule has 92 valence electrons. The zero-order chi connectivity index (χ0) is 12.3. The van der Waals surface area contributed by atoms with Gasteiger partial charge in [-0.05, 0) is 31.4 Å². The van der Waals surface area contributed by atoms with E-state index in [0.717, 1.165) is 32.2 Å². The Morgan fingerprint density at radius 2 is 2.35 bits per heavy atom. The average Bonchev–Trinajstić information content (AvgIpc) is 3.14. The highest BCUT2D eigenvalue weighted by molar-refractivity contribution is 5.95. The number of hydrogen-bond donors (Lipinski definition) is 1. The number of carbonyl (C=O) groups excluding carboxylic acids is 1. The van der Waals surface area contributed by atoms with Gasteiger partial charge in [0.05, 0.1) is 0 Å². The Morgan fingerprint density at radius 3 is 2.94 bits per heavy atom. The molecule has 2 rings (SSSR count). The highest BCUT2D eigenvalue weighted by atomic mass is 16.3. The molecule has 1 aromatic rings. The number of aromatic nitrogens is 1. The van der Waals surface area contributed by atoms with Crippen LogP contribution in [0.2, 0.25) is 0 Å². The second-order valence-electron chi connectivity index (χ2n) is 4.45. The summed E-state index contributed by atoms with van der Waals surface area (Å²) in [7, 11) is 0. The Labute approximate surface area is 101 Å². The Balaban J connectivity index is 2.13. The number of pyridine rings is 1. The number of aromatic hydroxyl groups is 1. The van der Waals surface area contributed by atoms with E-state index in [1.807, 2.05) is 4.90 Å². The Hall–Kier alpha value is -1.58. The monoisotopic (exact) mass is 234 g/mol. The summed E-state index contributed by atoms with van der Waals surface area (Å²) in [5.41, 5.74) is 0.176. The molecule has 1 aliphatic rings. The van der Waals surface area contributed by atoms with Gasteiger partial charge in [-0.2, -0.15) is 0 Å². The van der Waals surface area contributed by atoms with Crippen molar-refractivity contribution in [2.45, 2.75) is 38.6 Å². The minimum absolute atomic E-state index is 0.0281. The van der Waals surface area contributed by atoms with Gasteiger partial charge < -0.3 is 10.0 Å². The fourth-order valence-electron chi connectivity index (χ4n) is 1.86. The Kier molecular flexibility index (Phi) is 3.61. The normalized spacial score (nSPS) is 14.6. The third-order valence-corrected chi connectivity index (χ3v) is 2.99. The predicted octanol–water partition coefficient (Wildman–Crippen LogP) is 2.19. The van der Waals surface area contributed by atoms with Crippen LogP contribution in [0.15, 0.2) is 18.3 Å². The van der Waals surface area contributed by atoms with Crippen LogP contribution in [0.25, 0.3) is 0 Å².